The molecule has 18 heavy (non-hydrogen) atoms. The topological polar surface area (TPSA) is 55.1 Å². The summed E-state index contributed by atoms with van der Waals surface area (Å²) in [6.07, 6.45) is 8.19. The molecule has 104 valence electrons. The number of nitrogens with one attached hydrogen (secondary N) is 1. The third-order valence-corrected chi connectivity index (χ3v) is 5.02. The van der Waals surface area contributed by atoms with Gasteiger partial charge in [-0.1, -0.05) is 19.8 Å². The second-order valence-corrected chi connectivity index (χ2v) is 6.50. The Morgan fingerprint density at radius 3 is 2.50 bits per heavy atom. The molecule has 2 aliphatic rings. The van der Waals surface area contributed by atoms with Crippen LogP contribution >= 0.6 is 0 Å². The summed E-state index contributed by atoms with van der Waals surface area (Å²) in [5.74, 6) is 1.60. The van der Waals surface area contributed by atoms with E-state index in [4.69, 9.17) is 5.73 Å². The van der Waals surface area contributed by atoms with E-state index in [0.717, 1.165) is 19.3 Å². The zero-order valence-electron chi connectivity index (χ0n) is 11.8. The Hall–Kier alpha value is -0.570. The lowest BCUT2D eigenvalue weighted by atomic mass is 9.77. The van der Waals surface area contributed by atoms with Crippen LogP contribution in [0.4, 0.5) is 0 Å². The molecule has 3 nitrogen and oxygen atoms in total. The van der Waals surface area contributed by atoms with Gasteiger partial charge in [0.2, 0.25) is 5.91 Å². The van der Waals surface area contributed by atoms with Crippen molar-refractivity contribution in [1.29, 1.82) is 0 Å². The van der Waals surface area contributed by atoms with Crippen molar-refractivity contribution >= 4 is 5.91 Å². The van der Waals surface area contributed by atoms with Crippen LogP contribution in [0.25, 0.3) is 0 Å². The van der Waals surface area contributed by atoms with Gasteiger partial charge in [-0.05, 0) is 50.9 Å². The van der Waals surface area contributed by atoms with Gasteiger partial charge in [0, 0.05) is 18.0 Å². The molecule has 4 atom stereocenters. The van der Waals surface area contributed by atoms with Crippen molar-refractivity contribution in [3.05, 3.63) is 0 Å². The number of carbonyl (C=O) groups is 1. The predicted octanol–water partition coefficient (Wildman–Crippen LogP) is 2.44. The summed E-state index contributed by atoms with van der Waals surface area (Å²) in [7, 11) is 0. The second-order valence-electron chi connectivity index (χ2n) is 6.50. The van der Waals surface area contributed by atoms with E-state index in [1.807, 2.05) is 0 Å². The second kappa shape index (κ2) is 6.05. The van der Waals surface area contributed by atoms with E-state index < -0.39 is 0 Å². The molecule has 2 rings (SSSR count). The van der Waals surface area contributed by atoms with E-state index in [0.29, 0.717) is 23.9 Å². The minimum Gasteiger partial charge on any atom is -0.353 e. The van der Waals surface area contributed by atoms with Crippen LogP contribution in [0.15, 0.2) is 0 Å². The van der Waals surface area contributed by atoms with E-state index in [-0.39, 0.29) is 11.8 Å². The quantitative estimate of drug-likeness (QED) is 0.810. The molecule has 1 amide bonds. The first kappa shape index (κ1) is 13.9. The van der Waals surface area contributed by atoms with Gasteiger partial charge in [0.05, 0.1) is 0 Å². The lowest BCUT2D eigenvalue weighted by Gasteiger charge is -2.33. The Morgan fingerprint density at radius 1 is 1.22 bits per heavy atom. The molecule has 3 N–H and O–H groups in total. The molecule has 0 spiro atoms. The maximum absolute atomic E-state index is 12.3. The highest BCUT2D eigenvalue weighted by Crippen LogP contribution is 2.31. The molecule has 3 heteroatoms. The minimum atomic E-state index is 0.189. The van der Waals surface area contributed by atoms with Crippen LogP contribution in [-0.4, -0.2) is 18.0 Å². The van der Waals surface area contributed by atoms with Gasteiger partial charge < -0.3 is 11.1 Å². The minimum absolute atomic E-state index is 0.189. The average molecular weight is 252 g/mol. The van der Waals surface area contributed by atoms with Gasteiger partial charge in [-0.15, -0.1) is 0 Å². The Balaban J connectivity index is 1.83. The third kappa shape index (κ3) is 3.25. The number of amides is 1. The molecule has 2 aliphatic carbocycles. The van der Waals surface area contributed by atoms with Gasteiger partial charge in [0.15, 0.2) is 0 Å². The first-order chi connectivity index (χ1) is 8.58. The third-order valence-electron chi connectivity index (χ3n) is 5.02. The van der Waals surface area contributed by atoms with Gasteiger partial charge in [-0.25, -0.2) is 0 Å². The molecule has 0 aromatic rings. The van der Waals surface area contributed by atoms with E-state index in [1.165, 1.54) is 25.7 Å². The highest BCUT2D eigenvalue weighted by Gasteiger charge is 2.32. The summed E-state index contributed by atoms with van der Waals surface area (Å²) in [5, 5.41) is 3.26. The zero-order valence-corrected chi connectivity index (χ0v) is 11.8. The van der Waals surface area contributed by atoms with Gasteiger partial charge in [-0.2, -0.15) is 0 Å². The summed E-state index contributed by atoms with van der Waals surface area (Å²) in [4.78, 5) is 12.3. The molecular weight excluding hydrogens is 224 g/mol. The van der Waals surface area contributed by atoms with Crippen LogP contribution in [0.3, 0.4) is 0 Å². The summed E-state index contributed by atoms with van der Waals surface area (Å²) >= 11 is 0. The van der Waals surface area contributed by atoms with Crippen molar-refractivity contribution in [3.63, 3.8) is 0 Å². The lowest BCUT2D eigenvalue weighted by molar-refractivity contribution is -0.128. The Bertz CT molecular complexity index is 286. The van der Waals surface area contributed by atoms with Crippen LogP contribution < -0.4 is 11.1 Å². The standard InChI is InChI=1S/C15H28N2O/c1-10-9-13(16)7-8-14(10)15(18)17-11(2)12-5-3-4-6-12/h10-14H,3-9,16H2,1-2H3,(H,17,18). The summed E-state index contributed by atoms with van der Waals surface area (Å²) < 4.78 is 0. The van der Waals surface area contributed by atoms with Crippen molar-refractivity contribution in [2.45, 2.75) is 70.9 Å². The molecule has 0 aromatic carbocycles. The summed E-state index contributed by atoms with van der Waals surface area (Å²) in [6.45, 7) is 4.34. The van der Waals surface area contributed by atoms with E-state index >= 15 is 0 Å². The number of rotatable bonds is 3. The van der Waals surface area contributed by atoms with Crippen LogP contribution in [0, 0.1) is 17.8 Å². The highest BCUT2D eigenvalue weighted by atomic mass is 16.1. The number of hydrogen-bond donors (Lipinski definition) is 2. The molecule has 0 bridgehead atoms. The van der Waals surface area contributed by atoms with E-state index in [1.54, 1.807) is 0 Å². The van der Waals surface area contributed by atoms with E-state index in [9.17, 15) is 4.79 Å². The normalized spacial score (nSPS) is 35.4. The summed E-state index contributed by atoms with van der Waals surface area (Å²) in [5.41, 5.74) is 5.96. The first-order valence-electron chi connectivity index (χ1n) is 7.64. The van der Waals surface area contributed by atoms with Crippen LogP contribution in [0.1, 0.15) is 58.8 Å². The molecule has 4 unspecified atom stereocenters. The molecule has 0 radical (unpaired) electrons. The van der Waals surface area contributed by atoms with Crippen molar-refractivity contribution in [2.24, 2.45) is 23.5 Å². The zero-order chi connectivity index (χ0) is 13.1. The summed E-state index contributed by atoms with van der Waals surface area (Å²) in [6, 6.07) is 0.652. The maximum atomic E-state index is 12.3. The molecular formula is C15H28N2O. The van der Waals surface area contributed by atoms with Crippen molar-refractivity contribution in [1.82, 2.24) is 5.32 Å². The molecule has 0 aliphatic heterocycles. The van der Waals surface area contributed by atoms with Crippen LogP contribution in [0.2, 0.25) is 0 Å². The Kier molecular flexibility index (Phi) is 4.66. The van der Waals surface area contributed by atoms with Crippen LogP contribution in [0.5, 0.6) is 0 Å². The van der Waals surface area contributed by atoms with Gasteiger partial charge in [0.1, 0.15) is 0 Å². The fourth-order valence-electron chi connectivity index (χ4n) is 3.73. The average Bonchev–Trinajstić information content (AvgIpc) is 2.81. The maximum Gasteiger partial charge on any atom is 0.223 e. The monoisotopic (exact) mass is 252 g/mol. The van der Waals surface area contributed by atoms with Gasteiger partial charge in [0.25, 0.3) is 0 Å². The number of carbonyl (C=O) groups excluding carboxylic acids is 1. The molecule has 0 heterocycles. The van der Waals surface area contributed by atoms with Gasteiger partial charge >= 0.3 is 0 Å². The lowest BCUT2D eigenvalue weighted by Crippen LogP contribution is -2.45. The number of hydrogen-bond acceptors (Lipinski definition) is 2. The SMILES string of the molecule is CC1CC(N)CCC1C(=O)NC(C)C1CCCC1. The largest absolute Gasteiger partial charge is 0.353 e. The highest BCUT2D eigenvalue weighted by molar-refractivity contribution is 5.79. The smallest absolute Gasteiger partial charge is 0.223 e. The predicted molar refractivity (Wildman–Crippen MR) is 74.0 cm³/mol. The fourth-order valence-corrected chi connectivity index (χ4v) is 3.73. The van der Waals surface area contributed by atoms with Gasteiger partial charge in [-0.3, -0.25) is 4.79 Å². The van der Waals surface area contributed by atoms with Crippen molar-refractivity contribution in [3.8, 4) is 0 Å². The molecule has 2 fully saturated rings. The van der Waals surface area contributed by atoms with E-state index in [2.05, 4.69) is 19.2 Å². The Labute approximate surface area is 111 Å². The molecule has 2 saturated carbocycles. The molecule has 0 saturated heterocycles. The number of nitrogens with two attached hydrogens (primary N) is 1. The molecule has 0 aromatic heterocycles. The van der Waals surface area contributed by atoms with Crippen molar-refractivity contribution in [2.75, 3.05) is 0 Å². The fraction of sp³-hybridized carbons (Fsp3) is 0.933. The van der Waals surface area contributed by atoms with Crippen molar-refractivity contribution < 1.29 is 4.79 Å². The Morgan fingerprint density at radius 2 is 1.89 bits per heavy atom. The van der Waals surface area contributed by atoms with Crippen LogP contribution in [-0.2, 0) is 4.79 Å². The first-order valence-corrected chi connectivity index (χ1v) is 7.64.